The third-order valence-electron chi connectivity index (χ3n) is 2.43. The van der Waals surface area contributed by atoms with Crippen molar-refractivity contribution < 1.29 is 18.4 Å². The fourth-order valence-electron chi connectivity index (χ4n) is 1.49. The second kappa shape index (κ2) is 5.49. The number of nitrogen functional groups attached to an aromatic ring is 1. The molecule has 0 spiro atoms. The molecule has 2 rings (SSSR count). The fourth-order valence-corrected chi connectivity index (χ4v) is 1.49. The monoisotopic (exact) mass is 265 g/mol. The van der Waals surface area contributed by atoms with Crippen molar-refractivity contribution >= 4 is 5.91 Å². The van der Waals surface area contributed by atoms with E-state index in [2.05, 4.69) is 5.16 Å². The van der Waals surface area contributed by atoms with Gasteiger partial charge in [0.1, 0.15) is 18.2 Å². The Morgan fingerprint density at radius 1 is 1.53 bits per heavy atom. The van der Waals surface area contributed by atoms with Crippen molar-refractivity contribution in [1.82, 2.24) is 10.6 Å². The summed E-state index contributed by atoms with van der Waals surface area (Å²) < 4.78 is 23.3. The third kappa shape index (κ3) is 3.08. The predicted molar refractivity (Wildman–Crippen MR) is 63.6 cm³/mol. The number of nitrogens with zero attached hydrogens (tertiary/aromatic N) is 1. The van der Waals surface area contributed by atoms with E-state index in [0.29, 0.717) is 17.1 Å². The van der Waals surface area contributed by atoms with E-state index < -0.39 is 5.91 Å². The summed E-state index contributed by atoms with van der Waals surface area (Å²) in [6.07, 6.45) is 0. The Bertz CT molecular complexity index is 598. The molecule has 0 atom stereocenters. The Hall–Kier alpha value is -2.41. The maximum Gasteiger partial charge on any atom is 0.287 e. The number of carbonyl (C=O) groups excluding carboxylic acids is 1. The number of carbonyl (C=O) groups is 1. The first-order valence-corrected chi connectivity index (χ1v) is 5.45. The number of benzene rings is 1. The van der Waals surface area contributed by atoms with Gasteiger partial charge in [-0.2, -0.15) is 0 Å². The van der Waals surface area contributed by atoms with E-state index in [4.69, 9.17) is 15.1 Å². The number of nitrogens with two attached hydrogens (primary N) is 1. The molecule has 0 aliphatic heterocycles. The number of aromatic nitrogens is 1. The van der Waals surface area contributed by atoms with Crippen LogP contribution in [0.3, 0.4) is 0 Å². The van der Waals surface area contributed by atoms with Crippen molar-refractivity contribution in [3.63, 3.8) is 0 Å². The van der Waals surface area contributed by atoms with Gasteiger partial charge in [-0.15, -0.1) is 0 Å². The van der Waals surface area contributed by atoms with Gasteiger partial charge >= 0.3 is 0 Å². The third-order valence-corrected chi connectivity index (χ3v) is 2.43. The number of hydrazine groups is 1. The van der Waals surface area contributed by atoms with Gasteiger partial charge in [0.2, 0.25) is 0 Å². The van der Waals surface area contributed by atoms with Crippen LogP contribution in [0.25, 0.3) is 0 Å². The molecule has 7 heteroatoms. The first-order valence-electron chi connectivity index (χ1n) is 5.45. The van der Waals surface area contributed by atoms with Crippen molar-refractivity contribution in [2.45, 2.75) is 13.5 Å². The first-order chi connectivity index (χ1) is 9.10. The van der Waals surface area contributed by atoms with Crippen molar-refractivity contribution in [3.05, 3.63) is 47.1 Å². The van der Waals surface area contributed by atoms with E-state index in [1.54, 1.807) is 6.92 Å². The molecule has 100 valence electrons. The zero-order valence-corrected chi connectivity index (χ0v) is 10.1. The number of ether oxygens (including phenoxy) is 1. The van der Waals surface area contributed by atoms with Gasteiger partial charge in [0.25, 0.3) is 5.91 Å². The summed E-state index contributed by atoms with van der Waals surface area (Å²) in [4.78, 5) is 11.2. The van der Waals surface area contributed by atoms with Gasteiger partial charge in [0.15, 0.2) is 11.5 Å². The first kappa shape index (κ1) is 13.0. The Labute approximate surface area is 108 Å². The molecule has 1 amide bonds. The molecule has 0 saturated carbocycles. The lowest BCUT2D eigenvalue weighted by Crippen LogP contribution is -2.30. The summed E-state index contributed by atoms with van der Waals surface area (Å²) >= 11 is 0. The number of nitrogens with one attached hydrogen (secondary N) is 1. The number of hydrogen-bond acceptors (Lipinski definition) is 5. The molecule has 0 bridgehead atoms. The molecular formula is C12H12FN3O3. The van der Waals surface area contributed by atoms with Gasteiger partial charge in [0, 0.05) is 6.07 Å². The second-order valence-electron chi connectivity index (χ2n) is 3.85. The lowest BCUT2D eigenvalue weighted by atomic mass is 10.2. The van der Waals surface area contributed by atoms with Crippen LogP contribution in [0.15, 0.2) is 28.8 Å². The average molecular weight is 265 g/mol. The molecule has 0 radical (unpaired) electrons. The van der Waals surface area contributed by atoms with Gasteiger partial charge in [0.05, 0.1) is 0 Å². The summed E-state index contributed by atoms with van der Waals surface area (Å²) in [5.41, 5.74) is 2.67. The Kier molecular flexibility index (Phi) is 3.76. The number of rotatable bonds is 4. The predicted octanol–water partition coefficient (Wildman–Crippen LogP) is 1.30. The SMILES string of the molecule is Cc1cc(F)ccc1OCc1cc(C(=O)NN)no1. The zero-order valence-electron chi connectivity index (χ0n) is 10.1. The van der Waals surface area contributed by atoms with Crippen LogP contribution in [-0.4, -0.2) is 11.1 Å². The fraction of sp³-hybridized carbons (Fsp3) is 0.167. The molecule has 0 unspecified atom stereocenters. The van der Waals surface area contributed by atoms with Gasteiger partial charge in [-0.05, 0) is 30.7 Å². The number of halogens is 1. The average Bonchev–Trinajstić information content (AvgIpc) is 2.85. The molecule has 1 aromatic heterocycles. The van der Waals surface area contributed by atoms with Crippen LogP contribution in [0.4, 0.5) is 4.39 Å². The second-order valence-corrected chi connectivity index (χ2v) is 3.85. The molecule has 6 nitrogen and oxygen atoms in total. The highest BCUT2D eigenvalue weighted by molar-refractivity contribution is 5.91. The van der Waals surface area contributed by atoms with Crippen molar-refractivity contribution in [3.8, 4) is 5.75 Å². The quantitative estimate of drug-likeness (QED) is 0.494. The van der Waals surface area contributed by atoms with Crippen molar-refractivity contribution in [1.29, 1.82) is 0 Å². The highest BCUT2D eigenvalue weighted by Gasteiger charge is 2.11. The lowest BCUT2D eigenvalue weighted by Gasteiger charge is -2.06. The summed E-state index contributed by atoms with van der Waals surface area (Å²) in [6.45, 7) is 1.81. The van der Waals surface area contributed by atoms with Gasteiger partial charge in [-0.1, -0.05) is 5.16 Å². The zero-order chi connectivity index (χ0) is 13.8. The molecule has 0 fully saturated rings. The Morgan fingerprint density at radius 2 is 2.32 bits per heavy atom. The minimum Gasteiger partial charge on any atom is -0.485 e. The maximum absolute atomic E-state index is 12.9. The van der Waals surface area contributed by atoms with Gasteiger partial charge < -0.3 is 9.26 Å². The molecule has 3 N–H and O–H groups in total. The molecule has 0 aliphatic carbocycles. The smallest absolute Gasteiger partial charge is 0.287 e. The summed E-state index contributed by atoms with van der Waals surface area (Å²) in [7, 11) is 0. The maximum atomic E-state index is 12.9. The van der Waals surface area contributed by atoms with E-state index in [1.807, 2.05) is 5.43 Å². The largest absolute Gasteiger partial charge is 0.485 e. The van der Waals surface area contributed by atoms with Crippen molar-refractivity contribution in [2.24, 2.45) is 5.84 Å². The minimum absolute atomic E-state index is 0.0666. The van der Waals surface area contributed by atoms with Crippen LogP contribution in [0.5, 0.6) is 5.75 Å². The molecule has 2 aromatic rings. The van der Waals surface area contributed by atoms with Crippen LogP contribution >= 0.6 is 0 Å². The normalized spacial score (nSPS) is 10.3. The van der Waals surface area contributed by atoms with Crippen LogP contribution in [0.2, 0.25) is 0 Å². The number of amides is 1. The summed E-state index contributed by atoms with van der Waals surface area (Å²) in [5, 5.41) is 3.53. The number of aryl methyl sites for hydroxylation is 1. The van der Waals surface area contributed by atoms with E-state index >= 15 is 0 Å². The Morgan fingerprint density at radius 3 is 3.00 bits per heavy atom. The molecule has 0 saturated heterocycles. The molecule has 0 aliphatic rings. The van der Waals surface area contributed by atoms with Gasteiger partial charge in [-0.25, -0.2) is 10.2 Å². The Balaban J connectivity index is 2.02. The van der Waals surface area contributed by atoms with Crippen LogP contribution in [-0.2, 0) is 6.61 Å². The van der Waals surface area contributed by atoms with E-state index in [0.717, 1.165) is 0 Å². The standard InChI is InChI=1S/C12H12FN3O3/c1-7-4-8(13)2-3-11(7)18-6-9-5-10(16-19-9)12(17)15-14/h2-5H,6,14H2,1H3,(H,15,17). The lowest BCUT2D eigenvalue weighted by molar-refractivity contribution is 0.0944. The number of hydrogen-bond donors (Lipinski definition) is 2. The van der Waals surface area contributed by atoms with Gasteiger partial charge in [-0.3, -0.25) is 10.2 Å². The molecule has 1 aromatic carbocycles. The molecule has 19 heavy (non-hydrogen) atoms. The topological polar surface area (TPSA) is 90.4 Å². The minimum atomic E-state index is -0.548. The highest BCUT2D eigenvalue weighted by Crippen LogP contribution is 2.19. The van der Waals surface area contributed by atoms with E-state index in [1.165, 1.54) is 24.3 Å². The summed E-state index contributed by atoms with van der Waals surface area (Å²) in [5.74, 6) is 4.98. The van der Waals surface area contributed by atoms with E-state index in [-0.39, 0.29) is 18.1 Å². The highest BCUT2D eigenvalue weighted by atomic mass is 19.1. The van der Waals surface area contributed by atoms with E-state index in [9.17, 15) is 9.18 Å². The van der Waals surface area contributed by atoms with Crippen LogP contribution < -0.4 is 16.0 Å². The van der Waals surface area contributed by atoms with Crippen LogP contribution in [0.1, 0.15) is 21.8 Å². The molecule has 1 heterocycles. The summed E-state index contributed by atoms with van der Waals surface area (Å²) in [6, 6.07) is 5.61. The van der Waals surface area contributed by atoms with Crippen LogP contribution in [0, 0.1) is 12.7 Å². The molecular weight excluding hydrogens is 253 g/mol. The van der Waals surface area contributed by atoms with Crippen molar-refractivity contribution in [2.75, 3.05) is 0 Å².